The van der Waals surface area contributed by atoms with Crippen molar-refractivity contribution in [3.05, 3.63) is 60.7 Å². The number of hydrogen-bond acceptors (Lipinski definition) is 5. The van der Waals surface area contributed by atoms with E-state index >= 15 is 0 Å². The lowest BCUT2D eigenvalue weighted by molar-refractivity contribution is 0.425. The second kappa shape index (κ2) is 6.94. The van der Waals surface area contributed by atoms with E-state index in [0.29, 0.717) is 12.1 Å². The first-order valence-corrected chi connectivity index (χ1v) is 10.6. The third-order valence-corrected chi connectivity index (χ3v) is 6.75. The number of fused-ring (bicyclic) bond motifs is 1. The van der Waals surface area contributed by atoms with Gasteiger partial charge in [-0.15, -0.1) is 0 Å². The summed E-state index contributed by atoms with van der Waals surface area (Å²) in [5, 5.41) is 4.51. The predicted molar refractivity (Wildman–Crippen MR) is 108 cm³/mol. The number of aromatic nitrogens is 1. The van der Waals surface area contributed by atoms with E-state index in [1.165, 1.54) is 0 Å². The quantitative estimate of drug-likeness (QED) is 0.755. The highest BCUT2D eigenvalue weighted by atomic mass is 32.2. The monoisotopic (exact) mass is 381 g/mol. The van der Waals surface area contributed by atoms with Crippen LogP contribution in [0.1, 0.15) is 13.8 Å². The molecule has 0 saturated carbocycles. The second-order valence-corrected chi connectivity index (χ2v) is 9.02. The Morgan fingerprint density at radius 1 is 1.00 bits per heavy atom. The molecule has 0 spiro atoms. The van der Waals surface area contributed by atoms with Gasteiger partial charge in [0.25, 0.3) is 0 Å². The number of hydrogen-bond donors (Lipinski definition) is 1. The van der Waals surface area contributed by atoms with Crippen LogP contribution in [-0.2, 0) is 9.84 Å². The van der Waals surface area contributed by atoms with Gasteiger partial charge in [0.15, 0.2) is 5.03 Å². The van der Waals surface area contributed by atoms with Crippen LogP contribution < -0.4 is 10.2 Å². The van der Waals surface area contributed by atoms with Crippen molar-refractivity contribution in [1.82, 2.24) is 10.3 Å². The molecule has 140 valence electrons. The zero-order chi connectivity index (χ0) is 19.0. The summed E-state index contributed by atoms with van der Waals surface area (Å²) in [6.07, 6.45) is 0. The molecule has 4 rings (SSSR count). The molecule has 2 aromatic carbocycles. The molecule has 1 fully saturated rings. The van der Waals surface area contributed by atoms with Crippen LogP contribution in [0.2, 0.25) is 0 Å². The molecule has 2 heterocycles. The fraction of sp³-hybridized carbons (Fsp3) is 0.286. The summed E-state index contributed by atoms with van der Waals surface area (Å²) in [5.41, 5.74) is 1.72. The van der Waals surface area contributed by atoms with Gasteiger partial charge < -0.3 is 10.2 Å². The van der Waals surface area contributed by atoms with E-state index in [2.05, 4.69) is 29.0 Å². The van der Waals surface area contributed by atoms with Gasteiger partial charge in [-0.1, -0.05) is 30.3 Å². The SMILES string of the molecule is C[C@@H]1CN[C@@H](C)CN1c1cccc2ccc(S(=O)(=O)c3ccccc3)nc12. The lowest BCUT2D eigenvalue weighted by Gasteiger charge is -2.39. The van der Waals surface area contributed by atoms with Crippen LogP contribution in [0.25, 0.3) is 10.9 Å². The van der Waals surface area contributed by atoms with E-state index in [0.717, 1.165) is 29.7 Å². The Balaban J connectivity index is 1.85. The molecule has 0 amide bonds. The molecule has 2 atom stereocenters. The van der Waals surface area contributed by atoms with Gasteiger partial charge >= 0.3 is 0 Å². The van der Waals surface area contributed by atoms with Crippen LogP contribution in [0.3, 0.4) is 0 Å². The van der Waals surface area contributed by atoms with Crippen molar-refractivity contribution in [3.8, 4) is 0 Å². The van der Waals surface area contributed by atoms with Crippen LogP contribution in [0, 0.1) is 0 Å². The Hall–Kier alpha value is -2.44. The van der Waals surface area contributed by atoms with Crippen LogP contribution >= 0.6 is 0 Å². The number of nitrogens with one attached hydrogen (secondary N) is 1. The van der Waals surface area contributed by atoms with Crippen molar-refractivity contribution in [2.24, 2.45) is 0 Å². The van der Waals surface area contributed by atoms with Gasteiger partial charge in [0.05, 0.1) is 16.1 Å². The maximum atomic E-state index is 13.0. The molecule has 0 bridgehead atoms. The lowest BCUT2D eigenvalue weighted by Crippen LogP contribution is -2.54. The summed E-state index contributed by atoms with van der Waals surface area (Å²) in [5.74, 6) is 0. The number of nitrogens with zero attached hydrogens (tertiary/aromatic N) is 2. The first kappa shape index (κ1) is 17.9. The number of piperazine rings is 1. The van der Waals surface area contributed by atoms with E-state index in [-0.39, 0.29) is 9.92 Å². The Morgan fingerprint density at radius 2 is 1.78 bits per heavy atom. The first-order chi connectivity index (χ1) is 13.0. The molecule has 3 aromatic rings. The Kier molecular flexibility index (Phi) is 4.61. The molecular formula is C21H23N3O2S. The normalized spacial score (nSPS) is 20.7. The Bertz CT molecular complexity index is 1070. The highest BCUT2D eigenvalue weighted by Crippen LogP contribution is 2.30. The third kappa shape index (κ3) is 3.31. The molecular weight excluding hydrogens is 358 g/mol. The highest BCUT2D eigenvalue weighted by Gasteiger charge is 2.25. The zero-order valence-electron chi connectivity index (χ0n) is 15.5. The van der Waals surface area contributed by atoms with Gasteiger partial charge in [0, 0.05) is 30.6 Å². The van der Waals surface area contributed by atoms with E-state index in [1.54, 1.807) is 36.4 Å². The molecule has 0 unspecified atom stereocenters. The van der Waals surface area contributed by atoms with Crippen LogP contribution in [0.15, 0.2) is 70.6 Å². The summed E-state index contributed by atoms with van der Waals surface area (Å²) in [6, 6.07) is 18.6. The number of sulfone groups is 1. The van der Waals surface area contributed by atoms with Crippen LogP contribution in [0.4, 0.5) is 5.69 Å². The second-order valence-electron chi connectivity index (χ2n) is 7.13. The Labute approximate surface area is 160 Å². The molecule has 1 aromatic heterocycles. The third-order valence-electron chi connectivity index (χ3n) is 5.08. The van der Waals surface area contributed by atoms with Crippen molar-refractivity contribution in [2.45, 2.75) is 35.9 Å². The van der Waals surface area contributed by atoms with Crippen molar-refractivity contribution in [3.63, 3.8) is 0 Å². The largest absolute Gasteiger partial charge is 0.364 e. The smallest absolute Gasteiger partial charge is 0.223 e. The number of benzene rings is 2. The van der Waals surface area contributed by atoms with E-state index in [1.807, 2.05) is 24.3 Å². The number of rotatable bonds is 3. The summed E-state index contributed by atoms with van der Waals surface area (Å²) in [6.45, 7) is 6.07. The lowest BCUT2D eigenvalue weighted by atomic mass is 10.1. The number of pyridine rings is 1. The summed E-state index contributed by atoms with van der Waals surface area (Å²) in [4.78, 5) is 7.19. The van der Waals surface area contributed by atoms with Crippen molar-refractivity contribution < 1.29 is 8.42 Å². The fourth-order valence-electron chi connectivity index (χ4n) is 3.57. The molecule has 0 aliphatic carbocycles. The average Bonchev–Trinajstić information content (AvgIpc) is 2.69. The predicted octanol–water partition coefficient (Wildman–Crippen LogP) is 3.25. The topological polar surface area (TPSA) is 62.3 Å². The molecule has 1 aliphatic heterocycles. The van der Waals surface area contributed by atoms with Gasteiger partial charge in [-0.25, -0.2) is 13.4 Å². The standard InChI is InChI=1S/C21H23N3O2S/c1-15-14-24(16(2)13-22-15)19-10-6-7-17-11-12-20(23-21(17)19)27(25,26)18-8-4-3-5-9-18/h3-12,15-16,22H,13-14H2,1-2H3/t15-,16+/m0/s1. The van der Waals surface area contributed by atoms with E-state index < -0.39 is 9.84 Å². The van der Waals surface area contributed by atoms with Crippen molar-refractivity contribution in [2.75, 3.05) is 18.0 Å². The maximum absolute atomic E-state index is 13.0. The average molecular weight is 382 g/mol. The van der Waals surface area contributed by atoms with Crippen molar-refractivity contribution in [1.29, 1.82) is 0 Å². The van der Waals surface area contributed by atoms with E-state index in [9.17, 15) is 8.42 Å². The minimum absolute atomic E-state index is 0.0875. The van der Waals surface area contributed by atoms with E-state index in [4.69, 9.17) is 0 Å². The van der Waals surface area contributed by atoms with Gasteiger partial charge in [0.2, 0.25) is 9.84 Å². The van der Waals surface area contributed by atoms with Gasteiger partial charge in [-0.3, -0.25) is 0 Å². The van der Waals surface area contributed by atoms with Gasteiger partial charge in [-0.2, -0.15) is 0 Å². The fourth-order valence-corrected chi connectivity index (χ4v) is 4.79. The molecule has 6 heteroatoms. The highest BCUT2D eigenvalue weighted by molar-refractivity contribution is 7.91. The first-order valence-electron chi connectivity index (χ1n) is 9.17. The summed E-state index contributed by atoms with van der Waals surface area (Å²) < 4.78 is 26.0. The minimum atomic E-state index is -3.64. The van der Waals surface area contributed by atoms with Crippen LogP contribution in [0.5, 0.6) is 0 Å². The molecule has 1 saturated heterocycles. The van der Waals surface area contributed by atoms with Gasteiger partial charge in [-0.05, 0) is 44.2 Å². The molecule has 0 radical (unpaired) electrons. The Morgan fingerprint density at radius 3 is 2.56 bits per heavy atom. The molecule has 1 aliphatic rings. The molecule has 27 heavy (non-hydrogen) atoms. The number of para-hydroxylation sites is 1. The molecule has 1 N–H and O–H groups in total. The van der Waals surface area contributed by atoms with Crippen molar-refractivity contribution >= 4 is 26.4 Å². The maximum Gasteiger partial charge on any atom is 0.223 e. The summed E-state index contributed by atoms with van der Waals surface area (Å²) in [7, 11) is -3.64. The number of anilines is 1. The minimum Gasteiger partial charge on any atom is -0.364 e. The molecule has 5 nitrogen and oxygen atoms in total. The zero-order valence-corrected chi connectivity index (χ0v) is 16.3. The van der Waals surface area contributed by atoms with Gasteiger partial charge in [0.1, 0.15) is 0 Å². The summed E-state index contributed by atoms with van der Waals surface area (Å²) >= 11 is 0. The van der Waals surface area contributed by atoms with Crippen LogP contribution in [-0.4, -0.2) is 38.6 Å².